The van der Waals surface area contributed by atoms with Crippen LogP contribution in [0.3, 0.4) is 0 Å². The molecule has 1 amide bonds. The molecule has 1 aromatic rings. The van der Waals surface area contributed by atoms with E-state index in [4.69, 9.17) is 0 Å². The Hall–Kier alpha value is -0.580. The van der Waals surface area contributed by atoms with Gasteiger partial charge in [0.05, 0.1) is 0 Å². The number of anilines is 1. The second-order valence-electron chi connectivity index (χ2n) is 3.83. The van der Waals surface area contributed by atoms with Crippen molar-refractivity contribution in [2.75, 3.05) is 18.9 Å². The minimum Gasteiger partial charge on any atom is -0.326 e. The van der Waals surface area contributed by atoms with Crippen LogP contribution in [0.5, 0.6) is 0 Å². The van der Waals surface area contributed by atoms with Gasteiger partial charge in [-0.05, 0) is 44.2 Å². The van der Waals surface area contributed by atoms with E-state index in [9.17, 15) is 4.79 Å². The summed E-state index contributed by atoms with van der Waals surface area (Å²) in [6.07, 6.45) is 0.491. The van der Waals surface area contributed by atoms with E-state index in [1.165, 1.54) is 0 Å². The highest BCUT2D eigenvalue weighted by Gasteiger charge is 2.05. The Morgan fingerprint density at radius 1 is 1.29 bits per heavy atom. The smallest absolute Gasteiger partial charge is 0.225 e. The van der Waals surface area contributed by atoms with Crippen molar-refractivity contribution in [1.82, 2.24) is 5.32 Å². The molecule has 0 atom stereocenters. The van der Waals surface area contributed by atoms with Gasteiger partial charge in [-0.2, -0.15) is 0 Å². The molecule has 0 saturated heterocycles. The number of benzene rings is 1. The highest BCUT2D eigenvalue weighted by molar-refractivity contribution is 9.10. The summed E-state index contributed by atoms with van der Waals surface area (Å²) in [6.45, 7) is 4.72. The molecule has 3 nitrogen and oxygen atoms in total. The van der Waals surface area contributed by atoms with Gasteiger partial charge in [-0.3, -0.25) is 4.79 Å². The molecule has 17 heavy (non-hydrogen) atoms. The Kier molecular flexibility index (Phi) is 7.43. The molecule has 96 valence electrons. The number of hydrogen-bond acceptors (Lipinski definition) is 2. The number of nitrogens with one attached hydrogen (secondary N) is 2. The molecule has 0 radical (unpaired) electrons. The van der Waals surface area contributed by atoms with Crippen LogP contribution in [0.4, 0.5) is 5.69 Å². The van der Waals surface area contributed by atoms with E-state index in [2.05, 4.69) is 26.6 Å². The largest absolute Gasteiger partial charge is 0.326 e. The minimum absolute atomic E-state index is 0. The van der Waals surface area contributed by atoms with Crippen LogP contribution in [-0.4, -0.2) is 19.5 Å². The predicted molar refractivity (Wildman–Crippen MR) is 78.0 cm³/mol. The molecule has 2 N–H and O–H groups in total. The lowest BCUT2D eigenvalue weighted by molar-refractivity contribution is -0.116. The fraction of sp³-hybridized carbons (Fsp3) is 0.417. The van der Waals surface area contributed by atoms with Crippen molar-refractivity contribution >= 4 is 39.9 Å². The SMILES string of the molecule is CNCCC(=O)Nc1cc(C)c(Br)c(C)c1.Cl. The van der Waals surface area contributed by atoms with Crippen LogP contribution >= 0.6 is 28.3 Å². The van der Waals surface area contributed by atoms with Gasteiger partial charge in [-0.25, -0.2) is 0 Å². The first-order chi connectivity index (χ1) is 7.54. The van der Waals surface area contributed by atoms with Crippen molar-refractivity contribution in [3.8, 4) is 0 Å². The molecule has 0 saturated carbocycles. The lowest BCUT2D eigenvalue weighted by Gasteiger charge is -2.09. The molecule has 0 unspecified atom stereocenters. The van der Waals surface area contributed by atoms with Crippen molar-refractivity contribution in [1.29, 1.82) is 0 Å². The highest BCUT2D eigenvalue weighted by atomic mass is 79.9. The monoisotopic (exact) mass is 320 g/mol. The summed E-state index contributed by atoms with van der Waals surface area (Å²) in [5.41, 5.74) is 3.12. The summed E-state index contributed by atoms with van der Waals surface area (Å²) in [5.74, 6) is 0.0375. The van der Waals surface area contributed by atoms with Crippen LogP contribution in [-0.2, 0) is 4.79 Å². The normalized spacial score (nSPS) is 9.65. The van der Waals surface area contributed by atoms with Gasteiger partial charge in [0, 0.05) is 23.1 Å². The molecule has 0 spiro atoms. The quantitative estimate of drug-likeness (QED) is 0.895. The third-order valence-electron chi connectivity index (χ3n) is 2.32. The van der Waals surface area contributed by atoms with Crippen molar-refractivity contribution in [3.63, 3.8) is 0 Å². The standard InChI is InChI=1S/C12H17BrN2O.ClH/c1-8-6-10(7-9(2)12(8)13)15-11(16)4-5-14-3;/h6-7,14H,4-5H2,1-3H3,(H,15,16);1H. The number of halogens is 2. The fourth-order valence-corrected chi connectivity index (χ4v) is 1.71. The zero-order chi connectivity index (χ0) is 12.1. The molecule has 0 bridgehead atoms. The molecular formula is C12H18BrClN2O. The van der Waals surface area contributed by atoms with Crippen LogP contribution in [0.2, 0.25) is 0 Å². The maximum atomic E-state index is 11.5. The van der Waals surface area contributed by atoms with Crippen LogP contribution in [0.1, 0.15) is 17.5 Å². The summed E-state index contributed by atoms with van der Waals surface area (Å²) < 4.78 is 1.10. The molecule has 0 aliphatic heterocycles. The van der Waals surface area contributed by atoms with E-state index in [1.54, 1.807) is 0 Å². The van der Waals surface area contributed by atoms with Crippen molar-refractivity contribution in [2.24, 2.45) is 0 Å². The summed E-state index contributed by atoms with van der Waals surface area (Å²) in [6, 6.07) is 3.93. The topological polar surface area (TPSA) is 41.1 Å². The van der Waals surface area contributed by atoms with E-state index in [1.807, 2.05) is 33.0 Å². The molecular weight excluding hydrogens is 304 g/mol. The Balaban J connectivity index is 0.00000256. The van der Waals surface area contributed by atoms with Crippen molar-refractivity contribution in [2.45, 2.75) is 20.3 Å². The van der Waals surface area contributed by atoms with Crippen molar-refractivity contribution < 1.29 is 4.79 Å². The van der Waals surface area contributed by atoms with Gasteiger partial charge < -0.3 is 10.6 Å². The number of amides is 1. The Morgan fingerprint density at radius 3 is 2.29 bits per heavy atom. The maximum Gasteiger partial charge on any atom is 0.225 e. The number of hydrogen-bond donors (Lipinski definition) is 2. The first kappa shape index (κ1) is 16.4. The molecule has 0 heterocycles. The molecule has 0 aliphatic rings. The van der Waals surface area contributed by atoms with Crippen LogP contribution in [0, 0.1) is 13.8 Å². The van der Waals surface area contributed by atoms with Crippen molar-refractivity contribution in [3.05, 3.63) is 27.7 Å². The van der Waals surface area contributed by atoms with Gasteiger partial charge >= 0.3 is 0 Å². The number of rotatable bonds is 4. The molecule has 0 aromatic heterocycles. The van der Waals surface area contributed by atoms with Crippen LogP contribution in [0.25, 0.3) is 0 Å². The van der Waals surface area contributed by atoms with Crippen LogP contribution in [0.15, 0.2) is 16.6 Å². The fourth-order valence-electron chi connectivity index (χ4n) is 1.48. The number of carbonyl (C=O) groups is 1. The van der Waals surface area contributed by atoms with Gasteiger partial charge in [-0.1, -0.05) is 15.9 Å². The van der Waals surface area contributed by atoms with Gasteiger partial charge in [0.2, 0.25) is 5.91 Å². The number of aryl methyl sites for hydroxylation is 2. The van der Waals surface area contributed by atoms with Gasteiger partial charge in [-0.15, -0.1) is 12.4 Å². The first-order valence-corrected chi connectivity index (χ1v) is 6.05. The third-order valence-corrected chi connectivity index (χ3v) is 3.57. The zero-order valence-electron chi connectivity index (χ0n) is 10.3. The molecule has 1 aromatic carbocycles. The van der Waals surface area contributed by atoms with E-state index in [-0.39, 0.29) is 18.3 Å². The zero-order valence-corrected chi connectivity index (χ0v) is 12.7. The summed E-state index contributed by atoms with van der Waals surface area (Å²) in [5, 5.41) is 5.83. The van der Waals surface area contributed by atoms with E-state index < -0.39 is 0 Å². The molecule has 0 fully saturated rings. The van der Waals surface area contributed by atoms with Crippen LogP contribution < -0.4 is 10.6 Å². The Labute approximate surface area is 117 Å². The van der Waals surface area contributed by atoms with E-state index in [0.29, 0.717) is 13.0 Å². The lowest BCUT2D eigenvalue weighted by atomic mass is 10.1. The lowest BCUT2D eigenvalue weighted by Crippen LogP contribution is -2.18. The molecule has 5 heteroatoms. The molecule has 1 rings (SSSR count). The third kappa shape index (κ3) is 5.06. The van der Waals surface area contributed by atoms with Gasteiger partial charge in [0.15, 0.2) is 0 Å². The second kappa shape index (κ2) is 7.69. The number of carbonyl (C=O) groups excluding carboxylic acids is 1. The summed E-state index contributed by atoms with van der Waals surface area (Å²) >= 11 is 3.50. The summed E-state index contributed by atoms with van der Waals surface area (Å²) in [4.78, 5) is 11.5. The Morgan fingerprint density at radius 2 is 1.82 bits per heavy atom. The maximum absolute atomic E-state index is 11.5. The van der Waals surface area contributed by atoms with E-state index >= 15 is 0 Å². The predicted octanol–water partition coefficient (Wildman–Crippen LogP) is 3.04. The minimum atomic E-state index is 0. The highest BCUT2D eigenvalue weighted by Crippen LogP contribution is 2.24. The van der Waals surface area contributed by atoms with E-state index in [0.717, 1.165) is 21.3 Å². The first-order valence-electron chi connectivity index (χ1n) is 5.25. The van der Waals surface area contributed by atoms with Gasteiger partial charge in [0.1, 0.15) is 0 Å². The molecule has 0 aliphatic carbocycles. The van der Waals surface area contributed by atoms with Gasteiger partial charge in [0.25, 0.3) is 0 Å². The average Bonchev–Trinajstić information content (AvgIpc) is 2.23. The average molecular weight is 322 g/mol. The summed E-state index contributed by atoms with van der Waals surface area (Å²) in [7, 11) is 1.83. The second-order valence-corrected chi connectivity index (χ2v) is 4.62. The Bertz CT molecular complexity index is 373.